The van der Waals surface area contributed by atoms with Crippen molar-refractivity contribution in [3.05, 3.63) is 65.7 Å². The average molecular weight is 531 g/mol. The van der Waals surface area contributed by atoms with Crippen LogP contribution in [0.2, 0.25) is 0 Å². The van der Waals surface area contributed by atoms with E-state index in [0.29, 0.717) is 5.56 Å². The van der Waals surface area contributed by atoms with E-state index < -0.39 is 47.9 Å². The summed E-state index contributed by atoms with van der Waals surface area (Å²) >= 11 is 4.02. The largest absolute Gasteiger partial charge is 0.508 e. The lowest BCUT2D eigenvalue weighted by Gasteiger charge is -2.27. The highest BCUT2D eigenvalue weighted by Gasteiger charge is 2.32. The van der Waals surface area contributed by atoms with Gasteiger partial charge in [0.25, 0.3) is 0 Å². The second-order valence-electron chi connectivity index (χ2n) is 9.04. The molecular weight excluding hydrogens is 496 g/mol. The number of carbonyl (C=O) groups excluding carboxylic acids is 3. The molecule has 3 amide bonds. The molecule has 0 spiro atoms. The number of thiol groups is 1. The maximum atomic E-state index is 13.3. The molecule has 0 fully saturated rings. The van der Waals surface area contributed by atoms with Gasteiger partial charge in [-0.1, -0.05) is 56.3 Å². The third kappa shape index (κ3) is 9.43. The predicted octanol–water partition coefficient (Wildman–Crippen LogP) is 0.630. The molecule has 2 rings (SSSR count). The van der Waals surface area contributed by atoms with E-state index >= 15 is 0 Å². The van der Waals surface area contributed by atoms with E-state index in [9.17, 15) is 29.4 Å². The Hall–Kier alpha value is -3.57. The van der Waals surface area contributed by atoms with Gasteiger partial charge in [-0.15, -0.1) is 0 Å². The minimum atomic E-state index is -1.20. The van der Waals surface area contributed by atoms with Gasteiger partial charge >= 0.3 is 5.97 Å². The molecule has 11 heteroatoms. The number of hydrogen-bond acceptors (Lipinski definition) is 7. The molecule has 0 aromatic heterocycles. The predicted molar refractivity (Wildman–Crippen MR) is 142 cm³/mol. The van der Waals surface area contributed by atoms with E-state index in [1.807, 2.05) is 0 Å². The van der Waals surface area contributed by atoms with Crippen molar-refractivity contribution in [3.63, 3.8) is 0 Å². The van der Waals surface area contributed by atoms with E-state index in [1.54, 1.807) is 56.3 Å². The lowest BCUT2D eigenvalue weighted by molar-refractivity contribution is -0.142. The number of benzene rings is 2. The molecule has 0 radical (unpaired) electrons. The van der Waals surface area contributed by atoms with Crippen LogP contribution in [0.1, 0.15) is 25.0 Å². The summed E-state index contributed by atoms with van der Waals surface area (Å²) in [6.45, 7) is 3.42. The van der Waals surface area contributed by atoms with Crippen molar-refractivity contribution < 1.29 is 29.4 Å². The Balaban J connectivity index is 2.19. The molecule has 7 N–H and O–H groups in total. The number of nitrogens with one attached hydrogen (secondary N) is 3. The maximum Gasteiger partial charge on any atom is 0.326 e. The van der Waals surface area contributed by atoms with Gasteiger partial charge in [0, 0.05) is 18.6 Å². The minimum Gasteiger partial charge on any atom is -0.508 e. The first-order valence-electron chi connectivity index (χ1n) is 11.8. The Labute approximate surface area is 221 Å². The van der Waals surface area contributed by atoms with E-state index in [0.717, 1.165) is 5.56 Å². The number of amides is 3. The molecule has 4 unspecified atom stereocenters. The van der Waals surface area contributed by atoms with Crippen LogP contribution in [-0.2, 0) is 32.0 Å². The van der Waals surface area contributed by atoms with Crippen molar-refractivity contribution in [1.82, 2.24) is 16.0 Å². The zero-order chi connectivity index (χ0) is 27.5. The fourth-order valence-corrected chi connectivity index (χ4v) is 3.70. The fourth-order valence-electron chi connectivity index (χ4n) is 3.54. The average Bonchev–Trinajstić information content (AvgIpc) is 2.87. The van der Waals surface area contributed by atoms with E-state index in [1.165, 1.54) is 12.1 Å². The number of nitrogens with two attached hydrogens (primary N) is 1. The number of phenolic OH excluding ortho intramolecular Hbond substituents is 1. The van der Waals surface area contributed by atoms with Crippen molar-refractivity contribution in [2.45, 2.75) is 50.9 Å². The van der Waals surface area contributed by atoms with Gasteiger partial charge in [0.1, 0.15) is 23.9 Å². The first kappa shape index (κ1) is 29.7. The summed E-state index contributed by atoms with van der Waals surface area (Å²) < 4.78 is 0. The Bertz CT molecular complexity index is 1060. The van der Waals surface area contributed by atoms with Crippen LogP contribution >= 0.6 is 12.6 Å². The number of phenols is 1. The lowest BCUT2D eigenvalue weighted by atomic mass is 9.99. The molecule has 2 aromatic rings. The van der Waals surface area contributed by atoms with Crippen molar-refractivity contribution in [2.24, 2.45) is 11.7 Å². The molecule has 200 valence electrons. The summed E-state index contributed by atoms with van der Waals surface area (Å²) in [5.74, 6) is -3.37. The number of carbonyl (C=O) groups is 4. The van der Waals surface area contributed by atoms with Crippen molar-refractivity contribution in [1.29, 1.82) is 0 Å². The molecule has 0 heterocycles. The van der Waals surface area contributed by atoms with E-state index in [-0.39, 0.29) is 30.3 Å². The van der Waals surface area contributed by atoms with Gasteiger partial charge in [-0.25, -0.2) is 4.79 Å². The highest BCUT2D eigenvalue weighted by Crippen LogP contribution is 2.13. The summed E-state index contributed by atoms with van der Waals surface area (Å²) in [7, 11) is 0. The topological polar surface area (TPSA) is 171 Å². The Kier molecular flexibility index (Phi) is 11.4. The highest BCUT2D eigenvalue weighted by molar-refractivity contribution is 7.80. The van der Waals surface area contributed by atoms with Gasteiger partial charge in [-0.2, -0.15) is 12.6 Å². The third-order valence-electron chi connectivity index (χ3n) is 5.69. The van der Waals surface area contributed by atoms with Gasteiger partial charge in [0.2, 0.25) is 17.7 Å². The molecule has 10 nitrogen and oxygen atoms in total. The highest BCUT2D eigenvalue weighted by atomic mass is 32.1. The Morgan fingerprint density at radius 1 is 0.811 bits per heavy atom. The second kappa shape index (κ2) is 14.2. The van der Waals surface area contributed by atoms with E-state index in [4.69, 9.17) is 5.73 Å². The summed E-state index contributed by atoms with van der Waals surface area (Å²) in [6, 6.07) is 10.7. The summed E-state index contributed by atoms with van der Waals surface area (Å²) in [5.41, 5.74) is 7.13. The maximum absolute atomic E-state index is 13.3. The molecule has 0 saturated carbocycles. The Morgan fingerprint density at radius 2 is 1.35 bits per heavy atom. The first-order valence-corrected chi connectivity index (χ1v) is 12.5. The SMILES string of the molecule is CC(C)C(NC(=O)C(Cc1ccc(O)cc1)NC(=O)C(N)CS)C(=O)NC(Cc1ccccc1)C(=O)O. The summed E-state index contributed by atoms with van der Waals surface area (Å²) in [4.78, 5) is 50.6. The zero-order valence-corrected chi connectivity index (χ0v) is 21.7. The summed E-state index contributed by atoms with van der Waals surface area (Å²) in [5, 5.41) is 26.9. The van der Waals surface area contributed by atoms with Crippen LogP contribution < -0.4 is 21.7 Å². The molecule has 2 aromatic carbocycles. The number of carboxylic acid groups (broad SMARTS) is 1. The van der Waals surface area contributed by atoms with Gasteiger partial charge in [0.05, 0.1) is 6.04 Å². The molecule has 0 aliphatic carbocycles. The number of aliphatic carboxylic acids is 1. The van der Waals surface area contributed by atoms with Crippen LogP contribution in [-0.4, -0.2) is 63.8 Å². The molecule has 0 aliphatic rings. The lowest BCUT2D eigenvalue weighted by Crippen LogP contribution is -2.59. The second-order valence-corrected chi connectivity index (χ2v) is 9.41. The quantitative estimate of drug-likeness (QED) is 0.186. The number of aromatic hydroxyl groups is 1. The molecule has 37 heavy (non-hydrogen) atoms. The van der Waals surface area contributed by atoms with Gasteiger partial charge < -0.3 is 31.9 Å². The van der Waals surface area contributed by atoms with Crippen LogP contribution in [0, 0.1) is 5.92 Å². The molecule has 4 atom stereocenters. The van der Waals surface area contributed by atoms with Crippen molar-refractivity contribution >= 4 is 36.3 Å². The normalized spacial score (nSPS) is 14.2. The van der Waals surface area contributed by atoms with Crippen molar-refractivity contribution in [3.8, 4) is 5.75 Å². The standard InChI is InChI=1S/C26H34N4O6S/c1-15(2)22(25(34)29-21(26(35)36)13-16-6-4-3-5-7-16)30-24(33)20(28-23(32)19(27)14-37)12-17-8-10-18(31)11-9-17/h3-11,15,19-22,31,37H,12-14,27H2,1-2H3,(H,28,32)(H,29,34)(H,30,33)(H,35,36). The summed E-state index contributed by atoms with van der Waals surface area (Å²) in [6.07, 6.45) is 0.136. The molecule has 0 saturated heterocycles. The molecule has 0 bridgehead atoms. The number of hydrogen-bond donors (Lipinski definition) is 7. The molecule has 0 aliphatic heterocycles. The number of rotatable bonds is 13. The van der Waals surface area contributed by atoms with Crippen LogP contribution in [0.25, 0.3) is 0 Å². The number of carboxylic acids is 1. The third-order valence-corrected chi connectivity index (χ3v) is 6.08. The minimum absolute atomic E-state index is 0.0471. The first-order chi connectivity index (χ1) is 17.5. The van der Waals surface area contributed by atoms with Crippen LogP contribution in [0.3, 0.4) is 0 Å². The Morgan fingerprint density at radius 3 is 1.89 bits per heavy atom. The zero-order valence-electron chi connectivity index (χ0n) is 20.8. The van der Waals surface area contributed by atoms with Crippen LogP contribution in [0.4, 0.5) is 0 Å². The smallest absolute Gasteiger partial charge is 0.326 e. The molecular formula is C26H34N4O6S. The van der Waals surface area contributed by atoms with Gasteiger partial charge in [-0.05, 0) is 29.2 Å². The monoisotopic (exact) mass is 530 g/mol. The fraction of sp³-hybridized carbons (Fsp3) is 0.385. The van der Waals surface area contributed by atoms with Crippen molar-refractivity contribution in [2.75, 3.05) is 5.75 Å². The van der Waals surface area contributed by atoms with Crippen LogP contribution in [0.15, 0.2) is 54.6 Å². The van der Waals surface area contributed by atoms with E-state index in [2.05, 4.69) is 28.6 Å². The van der Waals surface area contributed by atoms with Gasteiger partial charge in [-0.3, -0.25) is 14.4 Å². The van der Waals surface area contributed by atoms with Gasteiger partial charge in [0.15, 0.2) is 0 Å². The van der Waals surface area contributed by atoms with Crippen LogP contribution in [0.5, 0.6) is 5.75 Å².